The third-order valence-corrected chi connectivity index (χ3v) is 3.69. The molecule has 4 nitrogen and oxygen atoms in total. The van der Waals surface area contributed by atoms with Crippen LogP contribution in [0, 0.1) is 6.92 Å². The third kappa shape index (κ3) is 3.23. The molecule has 1 aromatic carbocycles. The molecule has 3 aromatic rings. The van der Waals surface area contributed by atoms with Gasteiger partial charge in [0.05, 0.1) is 5.69 Å². The Morgan fingerprint density at radius 3 is 3.00 bits per heavy atom. The van der Waals surface area contributed by atoms with Gasteiger partial charge in [0.15, 0.2) is 5.65 Å². The second kappa shape index (κ2) is 5.84. The highest BCUT2D eigenvalue weighted by Gasteiger charge is 2.06. The Labute approximate surface area is 128 Å². The van der Waals surface area contributed by atoms with Crippen LogP contribution in [0.15, 0.2) is 42.7 Å². The zero-order chi connectivity index (χ0) is 14.8. The van der Waals surface area contributed by atoms with Gasteiger partial charge >= 0.3 is 0 Å². The highest BCUT2D eigenvalue weighted by atomic mass is 35.5. The summed E-state index contributed by atoms with van der Waals surface area (Å²) in [5.41, 5.74) is 4.12. The molecular formula is C16H17ClN4. The molecule has 0 saturated heterocycles. The monoisotopic (exact) mass is 300 g/mol. The molecule has 0 aliphatic rings. The molecular weight excluding hydrogens is 284 g/mol. The van der Waals surface area contributed by atoms with Crippen LogP contribution >= 0.6 is 11.6 Å². The van der Waals surface area contributed by atoms with Gasteiger partial charge in [-0.05, 0) is 31.5 Å². The van der Waals surface area contributed by atoms with Crippen molar-refractivity contribution in [2.75, 3.05) is 0 Å². The summed E-state index contributed by atoms with van der Waals surface area (Å²) in [5, 5.41) is 8.61. The van der Waals surface area contributed by atoms with Crippen LogP contribution < -0.4 is 5.32 Å². The molecule has 0 saturated carbocycles. The number of nitrogens with one attached hydrogen (secondary N) is 1. The first-order chi connectivity index (χ1) is 10.1. The van der Waals surface area contributed by atoms with Crippen molar-refractivity contribution in [1.82, 2.24) is 19.9 Å². The topological polar surface area (TPSA) is 42.2 Å². The van der Waals surface area contributed by atoms with Crippen molar-refractivity contribution >= 4 is 17.2 Å². The van der Waals surface area contributed by atoms with Gasteiger partial charge < -0.3 is 5.32 Å². The lowest BCUT2D eigenvalue weighted by Crippen LogP contribution is -2.18. The maximum atomic E-state index is 6.02. The Bertz CT molecular complexity index is 766. The average Bonchev–Trinajstić information content (AvgIpc) is 2.84. The van der Waals surface area contributed by atoms with Gasteiger partial charge in [0.2, 0.25) is 0 Å². The molecule has 0 radical (unpaired) electrons. The minimum Gasteiger partial charge on any atom is -0.306 e. The number of halogens is 1. The molecule has 0 bridgehead atoms. The number of aryl methyl sites for hydroxylation is 1. The van der Waals surface area contributed by atoms with Crippen molar-refractivity contribution in [1.29, 1.82) is 0 Å². The Balaban J connectivity index is 1.70. The normalized spacial score (nSPS) is 12.7. The molecule has 2 aromatic heterocycles. The quantitative estimate of drug-likeness (QED) is 0.801. The van der Waals surface area contributed by atoms with Crippen LogP contribution in [0.25, 0.3) is 5.65 Å². The molecule has 0 amide bonds. The number of fused-ring (bicyclic) bond motifs is 1. The summed E-state index contributed by atoms with van der Waals surface area (Å²) in [6.45, 7) is 4.82. The number of hydrogen-bond acceptors (Lipinski definition) is 3. The molecule has 108 valence electrons. The Morgan fingerprint density at radius 1 is 1.33 bits per heavy atom. The van der Waals surface area contributed by atoms with Crippen molar-refractivity contribution in [2.45, 2.75) is 26.4 Å². The van der Waals surface area contributed by atoms with Gasteiger partial charge in [0.1, 0.15) is 0 Å². The lowest BCUT2D eigenvalue weighted by atomic mass is 10.1. The Hall–Kier alpha value is -1.91. The van der Waals surface area contributed by atoms with Crippen LogP contribution in [0.5, 0.6) is 0 Å². The first-order valence-electron chi connectivity index (χ1n) is 6.91. The number of hydrogen-bond donors (Lipinski definition) is 1. The highest BCUT2D eigenvalue weighted by Crippen LogP contribution is 2.17. The predicted octanol–water partition coefficient (Wildman–Crippen LogP) is 3.54. The summed E-state index contributed by atoms with van der Waals surface area (Å²) >= 11 is 6.02. The zero-order valence-electron chi connectivity index (χ0n) is 12.0. The third-order valence-electron chi connectivity index (χ3n) is 3.45. The number of benzene rings is 1. The molecule has 1 N–H and O–H groups in total. The molecule has 1 unspecified atom stereocenters. The lowest BCUT2D eigenvalue weighted by Gasteiger charge is -2.14. The zero-order valence-corrected chi connectivity index (χ0v) is 12.8. The first-order valence-corrected chi connectivity index (χ1v) is 7.29. The molecule has 21 heavy (non-hydrogen) atoms. The van der Waals surface area contributed by atoms with E-state index in [9.17, 15) is 0 Å². The molecule has 1 atom stereocenters. The summed E-state index contributed by atoms with van der Waals surface area (Å²) in [4.78, 5) is 4.41. The van der Waals surface area contributed by atoms with E-state index in [0.717, 1.165) is 28.5 Å². The molecule has 0 aliphatic carbocycles. The van der Waals surface area contributed by atoms with E-state index in [0.29, 0.717) is 0 Å². The van der Waals surface area contributed by atoms with Crippen LogP contribution in [0.1, 0.15) is 29.8 Å². The van der Waals surface area contributed by atoms with Gasteiger partial charge in [-0.15, -0.1) is 0 Å². The molecule has 0 fully saturated rings. The van der Waals surface area contributed by atoms with Crippen LogP contribution in [-0.2, 0) is 6.54 Å². The average molecular weight is 301 g/mol. The molecule has 5 heteroatoms. The summed E-state index contributed by atoms with van der Waals surface area (Å²) in [6, 6.07) is 10.1. The molecule has 0 aliphatic heterocycles. The standard InChI is InChI=1S/C16H17ClN4/c1-11-6-16-19-9-13(10-21(16)20-11)8-18-12(2)14-4-3-5-15(17)7-14/h3-7,9-10,12,18H,8H2,1-2H3. The SMILES string of the molecule is Cc1cc2ncc(CNC(C)c3cccc(Cl)c3)cn2n1. The van der Waals surface area contributed by atoms with Gasteiger partial charge in [0, 0.05) is 41.6 Å². The van der Waals surface area contributed by atoms with Crippen molar-refractivity contribution in [3.8, 4) is 0 Å². The predicted molar refractivity (Wildman–Crippen MR) is 84.4 cm³/mol. The van der Waals surface area contributed by atoms with Crippen molar-refractivity contribution in [2.24, 2.45) is 0 Å². The fourth-order valence-corrected chi connectivity index (χ4v) is 2.49. The van der Waals surface area contributed by atoms with E-state index < -0.39 is 0 Å². The van der Waals surface area contributed by atoms with Crippen molar-refractivity contribution < 1.29 is 0 Å². The van der Waals surface area contributed by atoms with Gasteiger partial charge in [-0.3, -0.25) is 0 Å². The molecule has 0 spiro atoms. The second-order valence-electron chi connectivity index (χ2n) is 5.21. The van der Waals surface area contributed by atoms with E-state index in [-0.39, 0.29) is 6.04 Å². The summed E-state index contributed by atoms with van der Waals surface area (Å²) in [6.07, 6.45) is 3.89. The maximum absolute atomic E-state index is 6.02. The summed E-state index contributed by atoms with van der Waals surface area (Å²) < 4.78 is 1.82. The van der Waals surface area contributed by atoms with Crippen LogP contribution in [0.3, 0.4) is 0 Å². The van der Waals surface area contributed by atoms with Crippen LogP contribution in [-0.4, -0.2) is 14.6 Å². The van der Waals surface area contributed by atoms with E-state index in [4.69, 9.17) is 11.6 Å². The van der Waals surface area contributed by atoms with E-state index in [1.54, 1.807) is 0 Å². The number of nitrogens with zero attached hydrogens (tertiary/aromatic N) is 3. The lowest BCUT2D eigenvalue weighted by molar-refractivity contribution is 0.572. The van der Waals surface area contributed by atoms with E-state index >= 15 is 0 Å². The minimum atomic E-state index is 0.221. The van der Waals surface area contributed by atoms with Gasteiger partial charge in [-0.2, -0.15) is 5.10 Å². The smallest absolute Gasteiger partial charge is 0.155 e. The second-order valence-corrected chi connectivity index (χ2v) is 5.64. The van der Waals surface area contributed by atoms with Crippen molar-refractivity contribution in [3.63, 3.8) is 0 Å². The Kier molecular flexibility index (Phi) is 3.90. The first kappa shape index (κ1) is 14.0. The fraction of sp³-hybridized carbons (Fsp3) is 0.250. The Morgan fingerprint density at radius 2 is 2.19 bits per heavy atom. The largest absolute Gasteiger partial charge is 0.306 e. The van der Waals surface area contributed by atoms with Gasteiger partial charge in [0.25, 0.3) is 0 Å². The summed E-state index contributed by atoms with van der Waals surface area (Å²) in [5.74, 6) is 0. The molecule has 3 rings (SSSR count). The minimum absolute atomic E-state index is 0.221. The summed E-state index contributed by atoms with van der Waals surface area (Å²) in [7, 11) is 0. The fourth-order valence-electron chi connectivity index (χ4n) is 2.29. The number of rotatable bonds is 4. The number of aromatic nitrogens is 3. The van der Waals surface area contributed by atoms with Gasteiger partial charge in [-0.1, -0.05) is 23.7 Å². The van der Waals surface area contributed by atoms with Crippen LogP contribution in [0.2, 0.25) is 5.02 Å². The molecule has 2 heterocycles. The van der Waals surface area contributed by atoms with Crippen LogP contribution in [0.4, 0.5) is 0 Å². The van der Waals surface area contributed by atoms with Crippen molar-refractivity contribution in [3.05, 3.63) is 64.6 Å². The van der Waals surface area contributed by atoms with E-state index in [2.05, 4.69) is 28.4 Å². The van der Waals surface area contributed by atoms with E-state index in [1.165, 1.54) is 5.56 Å². The van der Waals surface area contributed by atoms with E-state index in [1.807, 2.05) is 48.1 Å². The van der Waals surface area contributed by atoms with Gasteiger partial charge in [-0.25, -0.2) is 9.50 Å². The highest BCUT2D eigenvalue weighted by molar-refractivity contribution is 6.30. The maximum Gasteiger partial charge on any atom is 0.155 e.